The molecule has 1 aliphatic heterocycles. The fourth-order valence-electron chi connectivity index (χ4n) is 3.48. The van der Waals surface area contributed by atoms with Gasteiger partial charge in [-0.05, 0) is 68.5 Å². The monoisotopic (exact) mass is 441 g/mol. The zero-order valence-corrected chi connectivity index (χ0v) is 19.3. The summed E-state index contributed by atoms with van der Waals surface area (Å²) in [7, 11) is 0. The van der Waals surface area contributed by atoms with Gasteiger partial charge in [-0.1, -0.05) is 24.8 Å². The maximum absolute atomic E-state index is 12.2. The number of piperidine rings is 1. The second-order valence-corrected chi connectivity index (χ2v) is 8.91. The third-order valence-corrected chi connectivity index (χ3v) is 6.43. The summed E-state index contributed by atoms with van der Waals surface area (Å²) in [5, 5.41) is 15.2. The van der Waals surface area contributed by atoms with Gasteiger partial charge in [0, 0.05) is 31.2 Å². The molecule has 0 radical (unpaired) electrons. The second-order valence-electron chi connectivity index (χ2n) is 7.92. The number of nitrogens with zero attached hydrogens (tertiary/aromatic N) is 3. The average Bonchev–Trinajstić information content (AvgIpc) is 2.79. The van der Waals surface area contributed by atoms with Gasteiger partial charge in [0.15, 0.2) is 5.82 Å². The lowest BCUT2D eigenvalue weighted by atomic mass is 9.96. The van der Waals surface area contributed by atoms with Crippen LogP contribution in [0.25, 0.3) is 0 Å². The normalized spacial score (nSPS) is 14.4. The van der Waals surface area contributed by atoms with Gasteiger partial charge in [-0.2, -0.15) is 0 Å². The van der Waals surface area contributed by atoms with Crippen molar-refractivity contribution in [2.45, 2.75) is 45.1 Å². The van der Waals surface area contributed by atoms with Crippen LogP contribution in [0.15, 0.2) is 35.4 Å². The van der Waals surface area contributed by atoms with Crippen LogP contribution < -0.4 is 15.5 Å². The second kappa shape index (κ2) is 11.1. The number of carbonyl (C=O) groups is 2. The average molecular weight is 442 g/mol. The largest absolute Gasteiger partial charge is 0.356 e. The molecule has 8 heteroatoms. The number of anilines is 2. The van der Waals surface area contributed by atoms with Crippen LogP contribution in [0.4, 0.5) is 11.5 Å². The Morgan fingerprint density at radius 3 is 2.52 bits per heavy atom. The molecular weight excluding hydrogens is 410 g/mol. The van der Waals surface area contributed by atoms with E-state index in [9.17, 15) is 9.59 Å². The Labute approximate surface area is 188 Å². The molecule has 7 nitrogen and oxygen atoms in total. The maximum atomic E-state index is 12.2. The number of hydrogen-bond acceptors (Lipinski definition) is 6. The van der Waals surface area contributed by atoms with Crippen molar-refractivity contribution in [3.05, 3.63) is 41.5 Å². The third-order valence-electron chi connectivity index (χ3n) is 5.51. The van der Waals surface area contributed by atoms with Gasteiger partial charge in [0.05, 0.1) is 5.75 Å². The van der Waals surface area contributed by atoms with Crippen LogP contribution in [0, 0.1) is 19.8 Å². The molecular formula is C23H31N5O2S. The van der Waals surface area contributed by atoms with Crippen molar-refractivity contribution in [2.24, 2.45) is 5.92 Å². The van der Waals surface area contributed by atoms with Crippen LogP contribution >= 0.6 is 11.8 Å². The van der Waals surface area contributed by atoms with Gasteiger partial charge in [0.2, 0.25) is 11.8 Å². The van der Waals surface area contributed by atoms with E-state index in [0.717, 1.165) is 56.0 Å². The molecule has 1 aromatic carbocycles. The SMILES string of the molecule is CCCNC(=O)C1CCN(c2ccc(SCC(=O)Nc3ccc(C)c(C)c3)nn2)CC1. The zero-order valence-electron chi connectivity index (χ0n) is 18.5. The molecule has 2 amide bonds. The summed E-state index contributed by atoms with van der Waals surface area (Å²) in [6.07, 6.45) is 2.61. The summed E-state index contributed by atoms with van der Waals surface area (Å²) >= 11 is 1.37. The summed E-state index contributed by atoms with van der Waals surface area (Å²) < 4.78 is 0. The van der Waals surface area contributed by atoms with Crippen molar-refractivity contribution in [3.8, 4) is 0 Å². The quantitative estimate of drug-likeness (QED) is 0.609. The highest BCUT2D eigenvalue weighted by molar-refractivity contribution is 7.99. The van der Waals surface area contributed by atoms with Crippen LogP contribution in [0.2, 0.25) is 0 Å². The number of aromatic nitrogens is 2. The Morgan fingerprint density at radius 1 is 1.10 bits per heavy atom. The molecule has 0 atom stereocenters. The van der Waals surface area contributed by atoms with Gasteiger partial charge >= 0.3 is 0 Å². The highest BCUT2D eigenvalue weighted by atomic mass is 32.2. The topological polar surface area (TPSA) is 87.2 Å². The number of rotatable bonds is 8. The van der Waals surface area contributed by atoms with Crippen molar-refractivity contribution >= 4 is 35.1 Å². The number of hydrogen-bond donors (Lipinski definition) is 2. The van der Waals surface area contributed by atoms with E-state index in [1.807, 2.05) is 44.2 Å². The van der Waals surface area contributed by atoms with Crippen LogP contribution in [0.3, 0.4) is 0 Å². The van der Waals surface area contributed by atoms with Crippen molar-refractivity contribution in [2.75, 3.05) is 35.6 Å². The summed E-state index contributed by atoms with van der Waals surface area (Å²) in [6.45, 7) is 8.47. The molecule has 3 rings (SSSR count). The van der Waals surface area contributed by atoms with Crippen LogP contribution in [-0.2, 0) is 9.59 Å². The molecule has 2 aromatic rings. The Hall–Kier alpha value is -2.61. The standard InChI is InChI=1S/C23H31N5O2S/c1-4-11-24-23(30)18-9-12-28(13-10-18)20-7-8-22(27-26-20)31-15-21(29)25-19-6-5-16(2)17(3)14-19/h5-8,14,18H,4,9-13,15H2,1-3H3,(H,24,30)(H,25,29). The van der Waals surface area contributed by atoms with E-state index in [-0.39, 0.29) is 23.5 Å². The predicted octanol–water partition coefficient (Wildman–Crippen LogP) is 3.57. The fraction of sp³-hybridized carbons (Fsp3) is 0.478. The van der Waals surface area contributed by atoms with Crippen molar-refractivity contribution in [3.63, 3.8) is 0 Å². The minimum atomic E-state index is -0.0671. The van der Waals surface area contributed by atoms with Gasteiger partial charge in [-0.3, -0.25) is 9.59 Å². The third kappa shape index (κ3) is 6.69. The van der Waals surface area contributed by atoms with E-state index in [2.05, 4.69) is 32.7 Å². The summed E-state index contributed by atoms with van der Waals surface area (Å²) in [4.78, 5) is 26.5. The minimum Gasteiger partial charge on any atom is -0.356 e. The van der Waals surface area contributed by atoms with E-state index >= 15 is 0 Å². The van der Waals surface area contributed by atoms with E-state index in [1.54, 1.807) is 0 Å². The van der Waals surface area contributed by atoms with Gasteiger partial charge in [0.1, 0.15) is 5.03 Å². The summed E-state index contributed by atoms with van der Waals surface area (Å²) in [6, 6.07) is 9.73. The molecule has 1 aliphatic rings. The lowest BCUT2D eigenvalue weighted by Crippen LogP contribution is -2.41. The van der Waals surface area contributed by atoms with Crippen molar-refractivity contribution in [1.29, 1.82) is 0 Å². The molecule has 166 valence electrons. The Morgan fingerprint density at radius 2 is 1.87 bits per heavy atom. The number of benzene rings is 1. The number of thioether (sulfide) groups is 1. The molecule has 0 bridgehead atoms. The summed E-state index contributed by atoms with van der Waals surface area (Å²) in [5.41, 5.74) is 3.16. The predicted molar refractivity (Wildman–Crippen MR) is 126 cm³/mol. The molecule has 2 heterocycles. The molecule has 0 aliphatic carbocycles. The van der Waals surface area contributed by atoms with Crippen LogP contribution in [0.5, 0.6) is 0 Å². The van der Waals surface area contributed by atoms with Crippen molar-refractivity contribution < 1.29 is 9.59 Å². The summed E-state index contributed by atoms with van der Waals surface area (Å²) in [5.74, 6) is 1.28. The van der Waals surface area contributed by atoms with Gasteiger partial charge in [-0.25, -0.2) is 0 Å². The molecule has 2 N–H and O–H groups in total. The number of amides is 2. The van der Waals surface area contributed by atoms with E-state index in [0.29, 0.717) is 5.03 Å². The molecule has 0 saturated carbocycles. The number of carbonyl (C=O) groups excluding carboxylic acids is 2. The first-order valence-corrected chi connectivity index (χ1v) is 11.8. The van der Waals surface area contributed by atoms with Crippen molar-refractivity contribution in [1.82, 2.24) is 15.5 Å². The number of aryl methyl sites for hydroxylation is 2. The zero-order chi connectivity index (χ0) is 22.2. The smallest absolute Gasteiger partial charge is 0.234 e. The lowest BCUT2D eigenvalue weighted by Gasteiger charge is -2.31. The maximum Gasteiger partial charge on any atom is 0.234 e. The Kier molecular flexibility index (Phi) is 8.28. The Bertz CT molecular complexity index is 895. The van der Waals surface area contributed by atoms with E-state index in [1.165, 1.54) is 17.3 Å². The fourth-order valence-corrected chi connectivity index (χ4v) is 4.09. The lowest BCUT2D eigenvalue weighted by molar-refractivity contribution is -0.125. The highest BCUT2D eigenvalue weighted by Gasteiger charge is 2.25. The van der Waals surface area contributed by atoms with Gasteiger partial charge in [0.25, 0.3) is 0 Å². The van der Waals surface area contributed by atoms with Gasteiger partial charge < -0.3 is 15.5 Å². The first kappa shape index (κ1) is 23.1. The minimum absolute atomic E-state index is 0.0671. The highest BCUT2D eigenvalue weighted by Crippen LogP contribution is 2.23. The van der Waals surface area contributed by atoms with Crippen LogP contribution in [0.1, 0.15) is 37.3 Å². The van der Waals surface area contributed by atoms with E-state index in [4.69, 9.17) is 0 Å². The molecule has 1 fully saturated rings. The molecule has 0 spiro atoms. The first-order chi connectivity index (χ1) is 15.0. The molecule has 0 unspecified atom stereocenters. The van der Waals surface area contributed by atoms with E-state index < -0.39 is 0 Å². The molecule has 31 heavy (non-hydrogen) atoms. The first-order valence-electron chi connectivity index (χ1n) is 10.8. The van der Waals surface area contributed by atoms with Crippen LogP contribution in [-0.4, -0.2) is 47.4 Å². The molecule has 1 saturated heterocycles. The number of nitrogens with one attached hydrogen (secondary N) is 2. The Balaban J connectivity index is 1.44. The van der Waals surface area contributed by atoms with Gasteiger partial charge in [-0.15, -0.1) is 10.2 Å². The molecule has 1 aromatic heterocycles.